The Balaban J connectivity index is 2.46. The van der Waals surface area contributed by atoms with Gasteiger partial charge in [-0.05, 0) is 23.8 Å². The minimum Gasteiger partial charge on any atom is -0.508 e. The Bertz CT molecular complexity index is 716. The lowest BCUT2D eigenvalue weighted by Crippen LogP contribution is -2.22. The monoisotopic (exact) mass is 261 g/mol. The van der Waals surface area contributed by atoms with Gasteiger partial charge >= 0.3 is 0 Å². The zero-order valence-corrected chi connectivity index (χ0v) is 10.8. The van der Waals surface area contributed by atoms with Crippen molar-refractivity contribution in [3.05, 3.63) is 57.0 Å². The van der Waals surface area contributed by atoms with Crippen molar-refractivity contribution in [1.29, 1.82) is 0 Å². The summed E-state index contributed by atoms with van der Waals surface area (Å²) in [6, 6.07) is 8.35. The average molecular weight is 262 g/mol. The molecule has 0 fully saturated rings. The normalized spacial score (nSPS) is 15.3. The van der Waals surface area contributed by atoms with Crippen LogP contribution in [0.15, 0.2) is 35.1 Å². The number of fused-ring (bicyclic) bond motifs is 3. The van der Waals surface area contributed by atoms with E-state index >= 15 is 0 Å². The molecule has 1 aliphatic rings. The summed E-state index contributed by atoms with van der Waals surface area (Å²) in [7, 11) is 0. The highest BCUT2D eigenvalue weighted by atomic mass is 35.5. The third kappa shape index (κ3) is 1.34. The Morgan fingerprint density at radius 1 is 1.22 bits per heavy atom. The maximum absolute atomic E-state index is 12.0. The first kappa shape index (κ1) is 11.4. The van der Waals surface area contributed by atoms with Crippen LogP contribution in [0, 0.1) is 0 Å². The molecule has 0 bridgehead atoms. The summed E-state index contributed by atoms with van der Waals surface area (Å²) in [5.41, 5.74) is 2.05. The maximum atomic E-state index is 12.0. The van der Waals surface area contributed by atoms with Gasteiger partial charge in [-0.3, -0.25) is 9.36 Å². The molecule has 2 aromatic rings. The summed E-state index contributed by atoms with van der Waals surface area (Å²) in [5, 5.41) is 10.2. The summed E-state index contributed by atoms with van der Waals surface area (Å²) in [4.78, 5) is 12.0. The molecule has 3 nitrogen and oxygen atoms in total. The Hall–Kier alpha value is -1.74. The highest BCUT2D eigenvalue weighted by molar-refractivity contribution is 6.30. The van der Waals surface area contributed by atoms with Crippen LogP contribution in [0.3, 0.4) is 0 Å². The molecule has 0 unspecified atom stereocenters. The van der Waals surface area contributed by atoms with Gasteiger partial charge in [0.15, 0.2) is 0 Å². The van der Waals surface area contributed by atoms with E-state index in [-0.39, 0.29) is 16.7 Å². The molecule has 0 spiro atoms. The van der Waals surface area contributed by atoms with Gasteiger partial charge in [-0.2, -0.15) is 0 Å². The van der Waals surface area contributed by atoms with Gasteiger partial charge in [0.25, 0.3) is 5.56 Å². The number of halogens is 1. The number of nitrogens with zero attached hydrogens (tertiary/aromatic N) is 1. The predicted molar refractivity (Wildman–Crippen MR) is 70.8 cm³/mol. The Morgan fingerprint density at radius 3 is 2.67 bits per heavy atom. The van der Waals surface area contributed by atoms with Crippen molar-refractivity contribution < 1.29 is 5.11 Å². The van der Waals surface area contributed by atoms with Crippen molar-refractivity contribution in [1.82, 2.24) is 4.57 Å². The smallest absolute Gasteiger partial charge is 0.259 e. The summed E-state index contributed by atoms with van der Waals surface area (Å²) in [5.74, 6) is -0.00164. The lowest BCUT2D eigenvalue weighted by Gasteiger charge is -2.19. The third-order valence-electron chi connectivity index (χ3n) is 3.53. The summed E-state index contributed by atoms with van der Waals surface area (Å²) >= 11 is 6.03. The highest BCUT2D eigenvalue weighted by Crippen LogP contribution is 2.43. The molecular formula is C14H12ClNO2. The van der Waals surface area contributed by atoms with Crippen LogP contribution in [0.1, 0.15) is 25.1 Å². The molecule has 4 heteroatoms. The molecule has 0 amide bonds. The number of aromatic hydroxyl groups is 1. The molecule has 1 N–H and O–H groups in total. The van der Waals surface area contributed by atoms with Crippen LogP contribution < -0.4 is 5.56 Å². The fraction of sp³-hybridized carbons (Fsp3) is 0.214. The first-order valence-corrected chi connectivity index (χ1v) is 6.06. The summed E-state index contributed by atoms with van der Waals surface area (Å²) < 4.78 is 1.63. The van der Waals surface area contributed by atoms with Crippen LogP contribution >= 0.6 is 11.6 Å². The first-order valence-electron chi connectivity index (χ1n) is 5.68. The molecule has 1 aromatic carbocycles. The summed E-state index contributed by atoms with van der Waals surface area (Å²) in [6.07, 6.45) is 0. The van der Waals surface area contributed by atoms with Crippen molar-refractivity contribution in [2.24, 2.45) is 0 Å². The van der Waals surface area contributed by atoms with Gasteiger partial charge in [-0.25, -0.2) is 0 Å². The van der Waals surface area contributed by atoms with E-state index in [0.717, 1.165) is 16.9 Å². The lowest BCUT2D eigenvalue weighted by atomic mass is 9.83. The molecule has 2 heterocycles. The van der Waals surface area contributed by atoms with Crippen LogP contribution in [-0.4, -0.2) is 9.67 Å². The van der Waals surface area contributed by atoms with E-state index in [4.69, 9.17) is 11.6 Å². The van der Waals surface area contributed by atoms with E-state index in [0.29, 0.717) is 5.02 Å². The maximum Gasteiger partial charge on any atom is 0.259 e. The van der Waals surface area contributed by atoms with E-state index in [1.54, 1.807) is 16.7 Å². The lowest BCUT2D eigenvalue weighted by molar-refractivity contribution is 0.469. The topological polar surface area (TPSA) is 42.2 Å². The molecule has 0 aliphatic carbocycles. The third-order valence-corrected chi connectivity index (χ3v) is 3.77. The molecular weight excluding hydrogens is 250 g/mol. The molecule has 1 aromatic heterocycles. The van der Waals surface area contributed by atoms with Crippen LogP contribution in [0.5, 0.6) is 5.75 Å². The Morgan fingerprint density at radius 2 is 1.94 bits per heavy atom. The van der Waals surface area contributed by atoms with Crippen LogP contribution in [-0.2, 0) is 5.41 Å². The van der Waals surface area contributed by atoms with Gasteiger partial charge in [0.2, 0.25) is 0 Å². The number of hydrogen-bond acceptors (Lipinski definition) is 2. The molecule has 0 atom stereocenters. The molecule has 18 heavy (non-hydrogen) atoms. The number of rotatable bonds is 0. The minimum absolute atomic E-state index is 0.00164. The Kier molecular flexibility index (Phi) is 2.14. The first-order chi connectivity index (χ1) is 8.41. The molecule has 3 rings (SSSR count). The van der Waals surface area contributed by atoms with Crippen LogP contribution in [0.2, 0.25) is 5.02 Å². The number of hydrogen-bond donors (Lipinski definition) is 1. The molecule has 0 saturated heterocycles. The second kappa shape index (κ2) is 3.39. The van der Waals surface area contributed by atoms with E-state index in [1.807, 2.05) is 26.0 Å². The average Bonchev–Trinajstić information content (AvgIpc) is 2.49. The SMILES string of the molecule is CC1(C)c2cc(Cl)ccc2-n2c1cc(O)cc2=O. The minimum atomic E-state index is -0.349. The van der Waals surface area contributed by atoms with E-state index in [9.17, 15) is 9.90 Å². The van der Waals surface area contributed by atoms with Crippen molar-refractivity contribution in [2.75, 3.05) is 0 Å². The van der Waals surface area contributed by atoms with Crippen LogP contribution in [0.25, 0.3) is 5.69 Å². The summed E-state index contributed by atoms with van der Waals surface area (Å²) in [6.45, 7) is 4.03. The fourth-order valence-electron chi connectivity index (χ4n) is 2.61. The zero-order valence-electron chi connectivity index (χ0n) is 10.1. The Labute approximate surface area is 109 Å². The van der Waals surface area contributed by atoms with Crippen molar-refractivity contribution in [3.63, 3.8) is 0 Å². The largest absolute Gasteiger partial charge is 0.508 e. The number of benzene rings is 1. The standard InChI is InChI=1S/C14H12ClNO2/c1-14(2)10-5-8(15)3-4-11(10)16-12(14)6-9(17)7-13(16)18/h3-7,17H,1-2H3. The van der Waals surface area contributed by atoms with E-state index in [2.05, 4.69) is 0 Å². The van der Waals surface area contributed by atoms with Crippen LogP contribution in [0.4, 0.5) is 0 Å². The van der Waals surface area contributed by atoms with Gasteiger partial charge < -0.3 is 5.11 Å². The highest BCUT2D eigenvalue weighted by Gasteiger charge is 2.36. The van der Waals surface area contributed by atoms with Crippen molar-refractivity contribution in [2.45, 2.75) is 19.3 Å². The quantitative estimate of drug-likeness (QED) is 0.792. The fourth-order valence-corrected chi connectivity index (χ4v) is 2.78. The number of pyridine rings is 1. The second-order valence-electron chi connectivity index (χ2n) is 5.06. The number of aromatic nitrogens is 1. The predicted octanol–water partition coefficient (Wildman–Crippen LogP) is 2.84. The van der Waals surface area contributed by atoms with Gasteiger partial charge in [0.05, 0.1) is 5.69 Å². The zero-order chi connectivity index (χ0) is 13.1. The van der Waals surface area contributed by atoms with Crippen molar-refractivity contribution >= 4 is 11.6 Å². The van der Waals surface area contributed by atoms with Gasteiger partial charge in [-0.15, -0.1) is 0 Å². The van der Waals surface area contributed by atoms with E-state index < -0.39 is 0 Å². The molecule has 1 aliphatic heterocycles. The van der Waals surface area contributed by atoms with E-state index in [1.165, 1.54) is 6.07 Å². The van der Waals surface area contributed by atoms with Crippen molar-refractivity contribution in [3.8, 4) is 11.4 Å². The molecule has 92 valence electrons. The van der Waals surface area contributed by atoms with Gasteiger partial charge in [0.1, 0.15) is 5.75 Å². The molecule has 0 radical (unpaired) electrons. The van der Waals surface area contributed by atoms with Gasteiger partial charge in [0, 0.05) is 28.3 Å². The van der Waals surface area contributed by atoms with Gasteiger partial charge in [-0.1, -0.05) is 25.4 Å². The second-order valence-corrected chi connectivity index (χ2v) is 5.50. The molecule has 0 saturated carbocycles.